The zero-order valence-electron chi connectivity index (χ0n) is 9.88. The Hall–Kier alpha value is -1.01. The van der Waals surface area contributed by atoms with E-state index in [0.29, 0.717) is 12.5 Å². The lowest BCUT2D eigenvalue weighted by Gasteiger charge is -2.39. The van der Waals surface area contributed by atoms with Crippen LogP contribution in [0.5, 0.6) is 5.75 Å². The number of alkyl halides is 4. The van der Waals surface area contributed by atoms with Gasteiger partial charge in [0.15, 0.2) is 0 Å². The van der Waals surface area contributed by atoms with Gasteiger partial charge < -0.3 is 9.47 Å². The molecule has 0 aliphatic heterocycles. The zero-order valence-corrected chi connectivity index (χ0v) is 10.6. The molecule has 1 aliphatic rings. The van der Waals surface area contributed by atoms with Crippen LogP contribution >= 0.6 is 11.6 Å². The van der Waals surface area contributed by atoms with Gasteiger partial charge in [0.25, 0.3) is 0 Å². The lowest BCUT2D eigenvalue weighted by atomic mass is 9.91. The third-order valence-corrected chi connectivity index (χ3v) is 3.41. The molecular weight excluding hydrogens is 288 g/mol. The van der Waals surface area contributed by atoms with Gasteiger partial charge in [-0.2, -0.15) is 13.2 Å². The van der Waals surface area contributed by atoms with Crippen LogP contribution in [-0.2, 0) is 10.9 Å². The minimum Gasteiger partial charge on any atom is -0.488 e. The van der Waals surface area contributed by atoms with Crippen molar-refractivity contribution in [3.63, 3.8) is 0 Å². The molecule has 0 amide bonds. The molecule has 0 bridgehead atoms. The van der Waals surface area contributed by atoms with E-state index in [1.54, 1.807) is 0 Å². The predicted molar refractivity (Wildman–Crippen MR) is 60.9 cm³/mol. The number of ether oxygens (including phenoxy) is 2. The number of hydrogen-bond acceptors (Lipinski definition) is 2. The van der Waals surface area contributed by atoms with Crippen molar-refractivity contribution in [3.8, 4) is 5.75 Å². The molecule has 7 heteroatoms. The maximum atomic E-state index is 13.1. The molecule has 0 N–H and O–H groups in total. The van der Waals surface area contributed by atoms with Crippen molar-refractivity contribution in [2.24, 2.45) is 0 Å². The highest BCUT2D eigenvalue weighted by Gasteiger charge is 2.42. The standard InChI is InChI=1S/C12H11ClF4O2/c1-18-11-8(13)5-10(11)19-6-2-3-9(14)7(4-6)12(15,16)17/h2-4,8,10-11H,5H2,1H3. The Balaban J connectivity index is 2.14. The fraction of sp³-hybridized carbons (Fsp3) is 0.500. The molecule has 2 nitrogen and oxygen atoms in total. The molecular formula is C12H11ClF4O2. The summed E-state index contributed by atoms with van der Waals surface area (Å²) in [6.45, 7) is 0. The third kappa shape index (κ3) is 2.95. The number of methoxy groups -OCH3 is 1. The first-order valence-corrected chi connectivity index (χ1v) is 5.97. The van der Waals surface area contributed by atoms with Gasteiger partial charge in [-0.25, -0.2) is 4.39 Å². The smallest absolute Gasteiger partial charge is 0.419 e. The minimum absolute atomic E-state index is 0.0515. The molecule has 3 unspecified atom stereocenters. The molecule has 0 spiro atoms. The number of rotatable bonds is 3. The van der Waals surface area contributed by atoms with E-state index in [9.17, 15) is 17.6 Å². The molecule has 2 rings (SSSR count). The summed E-state index contributed by atoms with van der Waals surface area (Å²) < 4.78 is 61.0. The largest absolute Gasteiger partial charge is 0.488 e. The molecule has 3 atom stereocenters. The highest BCUT2D eigenvalue weighted by Crippen LogP contribution is 2.36. The van der Waals surface area contributed by atoms with E-state index in [1.165, 1.54) is 7.11 Å². The van der Waals surface area contributed by atoms with Gasteiger partial charge in [-0.3, -0.25) is 0 Å². The minimum atomic E-state index is -4.75. The first-order chi connectivity index (χ1) is 8.82. The van der Waals surface area contributed by atoms with Gasteiger partial charge in [-0.1, -0.05) is 0 Å². The average molecular weight is 299 g/mol. The second kappa shape index (κ2) is 5.17. The highest BCUT2D eigenvalue weighted by atomic mass is 35.5. The van der Waals surface area contributed by atoms with Gasteiger partial charge in [0.05, 0.1) is 10.9 Å². The molecule has 1 saturated carbocycles. The lowest BCUT2D eigenvalue weighted by molar-refractivity contribution is -0.140. The van der Waals surface area contributed by atoms with Crippen LogP contribution in [0.3, 0.4) is 0 Å². The zero-order chi connectivity index (χ0) is 14.2. The van der Waals surface area contributed by atoms with Crippen LogP contribution in [0, 0.1) is 5.82 Å². The van der Waals surface area contributed by atoms with Gasteiger partial charge in [0.1, 0.15) is 23.8 Å². The molecule has 0 radical (unpaired) electrons. The van der Waals surface area contributed by atoms with E-state index in [1.807, 2.05) is 0 Å². The van der Waals surface area contributed by atoms with Crippen LogP contribution in [0.4, 0.5) is 17.6 Å². The Morgan fingerprint density at radius 1 is 1.32 bits per heavy atom. The van der Waals surface area contributed by atoms with Crippen LogP contribution in [0.15, 0.2) is 18.2 Å². The quantitative estimate of drug-likeness (QED) is 0.627. The Morgan fingerprint density at radius 3 is 2.53 bits per heavy atom. The van der Waals surface area contributed by atoms with Crippen LogP contribution in [0.2, 0.25) is 0 Å². The molecule has 1 aromatic carbocycles. The van der Waals surface area contributed by atoms with Crippen LogP contribution in [0.1, 0.15) is 12.0 Å². The summed E-state index contributed by atoms with van der Waals surface area (Å²) in [6, 6.07) is 2.53. The van der Waals surface area contributed by atoms with Crippen molar-refractivity contribution in [1.82, 2.24) is 0 Å². The Labute approximate surface area is 112 Å². The maximum Gasteiger partial charge on any atom is 0.419 e. The summed E-state index contributed by atoms with van der Waals surface area (Å²) in [5.74, 6) is -1.38. The summed E-state index contributed by atoms with van der Waals surface area (Å²) in [7, 11) is 1.45. The SMILES string of the molecule is COC1C(Cl)CC1Oc1ccc(F)c(C(F)(F)F)c1. The van der Waals surface area contributed by atoms with Crippen molar-refractivity contribution in [3.05, 3.63) is 29.6 Å². The van der Waals surface area contributed by atoms with Crippen LogP contribution in [-0.4, -0.2) is 24.7 Å². The van der Waals surface area contributed by atoms with E-state index in [2.05, 4.69) is 0 Å². The van der Waals surface area contributed by atoms with E-state index in [-0.39, 0.29) is 17.2 Å². The third-order valence-electron chi connectivity index (χ3n) is 2.98. The fourth-order valence-corrected chi connectivity index (χ4v) is 2.35. The van der Waals surface area contributed by atoms with Gasteiger partial charge in [-0.05, 0) is 18.2 Å². The summed E-state index contributed by atoms with van der Waals surface area (Å²) in [6.07, 6.45) is -5.07. The van der Waals surface area contributed by atoms with Gasteiger partial charge in [-0.15, -0.1) is 11.6 Å². The van der Waals surface area contributed by atoms with Crippen molar-refractivity contribution in [1.29, 1.82) is 0 Å². The summed E-state index contributed by atoms with van der Waals surface area (Å²) in [4.78, 5) is 0. The van der Waals surface area contributed by atoms with Gasteiger partial charge in [0, 0.05) is 13.5 Å². The fourth-order valence-electron chi connectivity index (χ4n) is 1.91. The normalized spacial score (nSPS) is 26.9. The number of halogens is 5. The van der Waals surface area contributed by atoms with Crippen molar-refractivity contribution < 1.29 is 27.0 Å². The molecule has 0 heterocycles. The van der Waals surface area contributed by atoms with Crippen molar-refractivity contribution >= 4 is 11.6 Å². The maximum absolute atomic E-state index is 13.1. The highest BCUT2D eigenvalue weighted by molar-refractivity contribution is 6.21. The molecule has 0 saturated heterocycles. The molecule has 0 aromatic heterocycles. The predicted octanol–water partition coefficient (Wildman–Crippen LogP) is 3.62. The van der Waals surface area contributed by atoms with E-state index < -0.39 is 23.7 Å². The Bertz CT molecular complexity index is 464. The summed E-state index contributed by atoms with van der Waals surface area (Å²) in [5, 5.41) is -0.225. The lowest BCUT2D eigenvalue weighted by Crippen LogP contribution is -2.52. The molecule has 1 aliphatic carbocycles. The Morgan fingerprint density at radius 2 is 2.00 bits per heavy atom. The van der Waals surface area contributed by atoms with Crippen LogP contribution in [0.25, 0.3) is 0 Å². The Kier molecular flexibility index (Phi) is 3.92. The second-order valence-electron chi connectivity index (χ2n) is 4.25. The van der Waals surface area contributed by atoms with E-state index >= 15 is 0 Å². The average Bonchev–Trinajstić information content (AvgIpc) is 2.29. The molecule has 1 aromatic rings. The number of hydrogen-bond donors (Lipinski definition) is 0. The first kappa shape index (κ1) is 14.4. The van der Waals surface area contributed by atoms with Crippen LogP contribution < -0.4 is 4.74 Å². The molecule has 106 valence electrons. The number of benzene rings is 1. The first-order valence-electron chi connectivity index (χ1n) is 5.53. The van der Waals surface area contributed by atoms with Crippen molar-refractivity contribution in [2.45, 2.75) is 30.2 Å². The molecule has 19 heavy (non-hydrogen) atoms. The summed E-state index contributed by atoms with van der Waals surface area (Å²) in [5.41, 5.74) is -1.35. The topological polar surface area (TPSA) is 18.5 Å². The van der Waals surface area contributed by atoms with Crippen molar-refractivity contribution in [2.75, 3.05) is 7.11 Å². The van der Waals surface area contributed by atoms with E-state index in [4.69, 9.17) is 21.1 Å². The second-order valence-corrected chi connectivity index (χ2v) is 4.81. The van der Waals surface area contributed by atoms with Gasteiger partial charge >= 0.3 is 6.18 Å². The van der Waals surface area contributed by atoms with Gasteiger partial charge in [0.2, 0.25) is 0 Å². The monoisotopic (exact) mass is 298 g/mol. The summed E-state index contributed by atoms with van der Waals surface area (Å²) >= 11 is 5.86. The molecule has 1 fully saturated rings. The van der Waals surface area contributed by atoms with E-state index in [0.717, 1.165) is 12.1 Å².